The average molecular weight is 580 g/mol. The minimum Gasteiger partial charge on any atom is -0.459 e. The molecule has 222 valence electrons. The summed E-state index contributed by atoms with van der Waals surface area (Å²) in [6.07, 6.45) is -0.242. The Kier molecular flexibility index (Phi) is 8.01. The first-order chi connectivity index (χ1) is 20.7. The second kappa shape index (κ2) is 12.0. The molecule has 0 saturated carbocycles. The number of hydrogen-bond donors (Lipinski definition) is 2. The number of likely N-dealkylation sites (N-methyl/N-ethyl adjacent to an activating group) is 1. The molecule has 9 nitrogen and oxygen atoms in total. The van der Waals surface area contributed by atoms with Crippen molar-refractivity contribution in [3.8, 4) is 0 Å². The predicted octanol–water partition coefficient (Wildman–Crippen LogP) is 4.27. The lowest BCUT2D eigenvalue weighted by molar-refractivity contribution is -0.133. The molecule has 3 aromatic rings. The highest BCUT2D eigenvalue weighted by molar-refractivity contribution is 6.37. The van der Waals surface area contributed by atoms with E-state index in [0.717, 1.165) is 48.6 Å². The summed E-state index contributed by atoms with van der Waals surface area (Å²) in [6, 6.07) is 21.0. The van der Waals surface area contributed by atoms with Gasteiger partial charge in [-0.3, -0.25) is 14.5 Å². The van der Waals surface area contributed by atoms with Crippen LogP contribution in [0, 0.1) is 0 Å². The van der Waals surface area contributed by atoms with E-state index in [-0.39, 0.29) is 17.9 Å². The van der Waals surface area contributed by atoms with Crippen molar-refractivity contribution in [1.82, 2.24) is 14.7 Å². The number of amides is 2. The topological polar surface area (TPSA) is 94.2 Å². The number of carbonyl (C=O) groups excluding carboxylic acids is 3. The molecule has 3 heterocycles. The molecule has 0 aromatic heterocycles. The molecule has 0 atom stereocenters. The molecule has 9 heteroatoms. The summed E-state index contributed by atoms with van der Waals surface area (Å²) in [5.74, 6) is -0.532. The quantitative estimate of drug-likeness (QED) is 0.319. The fraction of sp³-hybridized carbons (Fsp3) is 0.324. The second-order valence-electron chi connectivity index (χ2n) is 11.7. The Morgan fingerprint density at radius 3 is 2.40 bits per heavy atom. The van der Waals surface area contributed by atoms with Gasteiger partial charge in [0, 0.05) is 50.5 Å². The molecule has 1 saturated heterocycles. The molecule has 6 rings (SSSR count). The van der Waals surface area contributed by atoms with Gasteiger partial charge in [-0.1, -0.05) is 42.5 Å². The zero-order valence-electron chi connectivity index (χ0n) is 24.9. The van der Waals surface area contributed by atoms with Gasteiger partial charge in [-0.15, -0.1) is 0 Å². The molecule has 0 spiro atoms. The molecule has 3 aromatic carbocycles. The van der Waals surface area contributed by atoms with E-state index in [9.17, 15) is 14.4 Å². The van der Waals surface area contributed by atoms with E-state index in [2.05, 4.69) is 39.6 Å². The van der Waals surface area contributed by atoms with Crippen molar-refractivity contribution < 1.29 is 19.1 Å². The number of anilines is 2. The van der Waals surface area contributed by atoms with Crippen LogP contribution in [0.5, 0.6) is 0 Å². The van der Waals surface area contributed by atoms with Crippen LogP contribution < -0.4 is 10.6 Å². The van der Waals surface area contributed by atoms with Crippen LogP contribution in [0.25, 0.3) is 11.3 Å². The summed E-state index contributed by atoms with van der Waals surface area (Å²) in [6.45, 7) is 9.00. The van der Waals surface area contributed by atoms with Crippen molar-refractivity contribution >= 4 is 40.4 Å². The van der Waals surface area contributed by atoms with E-state index >= 15 is 0 Å². The van der Waals surface area contributed by atoms with Crippen LogP contribution >= 0.6 is 0 Å². The smallest absolute Gasteiger partial charge is 0.338 e. The molecular weight excluding hydrogens is 542 g/mol. The molecule has 0 aliphatic carbocycles. The molecule has 43 heavy (non-hydrogen) atoms. The Hall–Kier alpha value is -4.47. The van der Waals surface area contributed by atoms with E-state index in [1.54, 1.807) is 32.0 Å². The summed E-state index contributed by atoms with van der Waals surface area (Å²) in [4.78, 5) is 45.5. The van der Waals surface area contributed by atoms with E-state index in [0.29, 0.717) is 47.7 Å². The van der Waals surface area contributed by atoms with Crippen LogP contribution in [-0.4, -0.2) is 78.4 Å². The third-order valence-corrected chi connectivity index (χ3v) is 8.16. The lowest BCUT2D eigenvalue weighted by Gasteiger charge is -2.32. The average Bonchev–Trinajstić information content (AvgIpc) is 3.57. The normalized spacial score (nSPS) is 17.9. The van der Waals surface area contributed by atoms with Crippen LogP contribution in [0.15, 0.2) is 66.7 Å². The lowest BCUT2D eigenvalue weighted by Crippen LogP contribution is -2.48. The molecule has 3 aliphatic rings. The minimum atomic E-state index is -0.430. The number of nitrogens with zero attached hydrogens (tertiary/aromatic N) is 3. The standard InChI is InChI=1S/C34H37N5O4/c1-22(2)43-34(42)24-10-12-28-29(18-24)36-33(41)31(28)32(23-7-5-4-6-8-23)35-27-11-9-25-19-39(20-26(25)17-27)30(40)21-38-15-13-37(3)14-16-38/h4-12,17-18,22,35H,13-16,19-21H2,1-3H3,(H,36,41)/b32-31-. The number of ether oxygens (including phenoxy) is 1. The predicted molar refractivity (Wildman–Crippen MR) is 167 cm³/mol. The van der Waals surface area contributed by atoms with Crippen molar-refractivity contribution in [2.24, 2.45) is 0 Å². The highest BCUT2D eigenvalue weighted by atomic mass is 16.5. The van der Waals surface area contributed by atoms with Gasteiger partial charge in [-0.05, 0) is 61.9 Å². The summed E-state index contributed by atoms with van der Waals surface area (Å²) < 4.78 is 5.34. The van der Waals surface area contributed by atoms with Gasteiger partial charge in [0.15, 0.2) is 0 Å². The Morgan fingerprint density at radius 2 is 1.65 bits per heavy atom. The van der Waals surface area contributed by atoms with Gasteiger partial charge in [0.05, 0.1) is 35.2 Å². The van der Waals surface area contributed by atoms with Gasteiger partial charge >= 0.3 is 5.97 Å². The van der Waals surface area contributed by atoms with E-state index in [1.807, 2.05) is 41.3 Å². The highest BCUT2D eigenvalue weighted by Crippen LogP contribution is 2.38. The Bertz CT molecular complexity index is 1590. The van der Waals surface area contributed by atoms with Crippen molar-refractivity contribution in [1.29, 1.82) is 0 Å². The third kappa shape index (κ3) is 6.18. The maximum atomic E-state index is 13.4. The highest BCUT2D eigenvalue weighted by Gasteiger charge is 2.30. The number of hydrogen-bond acceptors (Lipinski definition) is 7. The number of nitrogens with one attached hydrogen (secondary N) is 2. The SMILES string of the molecule is CC(C)OC(=O)c1ccc2c(c1)NC(=O)/C2=C(\Nc1ccc2c(c1)CN(C(=O)CN1CCN(C)CC1)C2)c1ccccc1. The Labute approximate surface area is 252 Å². The number of carbonyl (C=O) groups is 3. The first-order valence-electron chi connectivity index (χ1n) is 14.8. The van der Waals surface area contributed by atoms with Crippen LogP contribution in [0.3, 0.4) is 0 Å². The van der Waals surface area contributed by atoms with Gasteiger partial charge in [0.2, 0.25) is 5.91 Å². The van der Waals surface area contributed by atoms with Crippen LogP contribution in [0.2, 0.25) is 0 Å². The van der Waals surface area contributed by atoms with Crippen molar-refractivity contribution in [2.45, 2.75) is 33.0 Å². The fourth-order valence-corrected chi connectivity index (χ4v) is 5.80. The molecule has 2 amide bonds. The van der Waals surface area contributed by atoms with Crippen LogP contribution in [-0.2, 0) is 27.4 Å². The number of benzene rings is 3. The molecule has 3 aliphatic heterocycles. The number of fused-ring (bicyclic) bond motifs is 2. The van der Waals surface area contributed by atoms with Crippen molar-refractivity contribution in [2.75, 3.05) is 50.4 Å². The largest absolute Gasteiger partial charge is 0.459 e. The van der Waals surface area contributed by atoms with E-state index in [1.165, 1.54) is 0 Å². The van der Waals surface area contributed by atoms with Gasteiger partial charge < -0.3 is 25.2 Å². The van der Waals surface area contributed by atoms with Gasteiger partial charge in [-0.25, -0.2) is 4.79 Å². The second-order valence-corrected chi connectivity index (χ2v) is 11.7. The fourth-order valence-electron chi connectivity index (χ4n) is 5.80. The minimum absolute atomic E-state index is 0.151. The summed E-state index contributed by atoms with van der Waals surface area (Å²) in [5, 5.41) is 6.46. The maximum absolute atomic E-state index is 13.4. The molecule has 0 bridgehead atoms. The van der Waals surface area contributed by atoms with E-state index in [4.69, 9.17) is 4.74 Å². The first kappa shape index (κ1) is 28.6. The zero-order chi connectivity index (χ0) is 30.1. The molecule has 0 unspecified atom stereocenters. The molecule has 2 N–H and O–H groups in total. The number of esters is 1. The van der Waals surface area contributed by atoms with Crippen molar-refractivity contribution in [3.63, 3.8) is 0 Å². The van der Waals surface area contributed by atoms with E-state index < -0.39 is 5.97 Å². The first-order valence-corrected chi connectivity index (χ1v) is 14.8. The monoisotopic (exact) mass is 579 g/mol. The molecule has 0 radical (unpaired) electrons. The van der Waals surface area contributed by atoms with Crippen LogP contribution in [0.4, 0.5) is 11.4 Å². The number of piperazine rings is 1. The molecular formula is C34H37N5O4. The maximum Gasteiger partial charge on any atom is 0.338 e. The Morgan fingerprint density at radius 1 is 0.907 bits per heavy atom. The van der Waals surface area contributed by atoms with Crippen LogP contribution in [0.1, 0.15) is 46.5 Å². The third-order valence-electron chi connectivity index (χ3n) is 8.16. The van der Waals surface area contributed by atoms with Crippen molar-refractivity contribution in [3.05, 3.63) is 94.5 Å². The Balaban J connectivity index is 1.26. The summed E-state index contributed by atoms with van der Waals surface area (Å²) in [7, 11) is 2.11. The van der Waals surface area contributed by atoms with Gasteiger partial charge in [0.1, 0.15) is 0 Å². The lowest BCUT2D eigenvalue weighted by atomic mass is 9.98. The molecule has 1 fully saturated rings. The van der Waals surface area contributed by atoms with Gasteiger partial charge in [-0.2, -0.15) is 0 Å². The summed E-state index contributed by atoms with van der Waals surface area (Å²) >= 11 is 0. The van der Waals surface area contributed by atoms with Gasteiger partial charge in [0.25, 0.3) is 5.91 Å². The number of rotatable bonds is 7. The summed E-state index contributed by atoms with van der Waals surface area (Å²) in [5.41, 5.74) is 6.73. The zero-order valence-corrected chi connectivity index (χ0v) is 24.9.